The second-order valence-corrected chi connectivity index (χ2v) is 26.0. The number of nitrogens with zero attached hydrogens (tertiary/aromatic N) is 1. The summed E-state index contributed by atoms with van der Waals surface area (Å²) in [5.41, 5.74) is 6.35. The molecule has 70 heavy (non-hydrogen) atoms. The number of fused-ring (bicyclic) bond motifs is 1. The number of piperidine rings is 1. The summed E-state index contributed by atoms with van der Waals surface area (Å²) >= 11 is 1.93. The number of nitrogens with two attached hydrogens (primary N) is 1. The topological polar surface area (TPSA) is 187 Å². The Morgan fingerprint density at radius 2 is 1.24 bits per heavy atom. The maximum atomic E-state index is 12.6. The molecule has 1 aromatic rings. The van der Waals surface area contributed by atoms with Crippen molar-refractivity contribution in [3.05, 3.63) is 30.3 Å². The molecule has 0 aromatic heterocycles. The highest BCUT2D eigenvalue weighted by molar-refractivity contribution is 8.00. The molecule has 0 spiro atoms. The number of hydrogen-bond acceptors (Lipinski definition) is 7. The van der Waals surface area contributed by atoms with Crippen LogP contribution >= 0.6 is 11.8 Å². The number of anilines is 1. The first kappa shape index (κ1) is 62.5. The highest BCUT2D eigenvalue weighted by Crippen LogP contribution is 2.38. The molecule has 4 rings (SSSR count). The molecular formula is C57H101N7O5S. The fraction of sp³-hybridized carbons (Fsp3) is 0.789. The number of unbranched alkanes of at least 4 members (excludes halogenated alkanes) is 5. The van der Waals surface area contributed by atoms with E-state index in [1.807, 2.05) is 47.0 Å². The van der Waals surface area contributed by atoms with Crippen LogP contribution in [0.4, 0.5) is 10.5 Å². The molecule has 0 bridgehead atoms. The highest BCUT2D eigenvalue weighted by atomic mass is 32.2. The first-order valence-electron chi connectivity index (χ1n) is 27.1. The third-order valence-corrected chi connectivity index (χ3v) is 15.4. The summed E-state index contributed by atoms with van der Waals surface area (Å²) in [4.78, 5) is 63.1. The Labute approximate surface area is 430 Å². The van der Waals surface area contributed by atoms with E-state index in [-0.39, 0.29) is 75.7 Å². The zero-order chi connectivity index (χ0) is 52.8. The summed E-state index contributed by atoms with van der Waals surface area (Å²) in [7, 11) is 0. The number of ketones is 1. The molecular weight excluding hydrogens is 895 g/mol. The minimum atomic E-state index is -0.0374. The second-order valence-electron chi connectivity index (χ2n) is 24.8. The van der Waals surface area contributed by atoms with Gasteiger partial charge in [0.25, 0.3) is 0 Å². The van der Waals surface area contributed by atoms with Crippen LogP contribution in [-0.4, -0.2) is 78.1 Å². The molecule has 3 aliphatic rings. The van der Waals surface area contributed by atoms with E-state index in [2.05, 4.69) is 118 Å². The number of para-hydroxylation sites is 1. The quantitative estimate of drug-likeness (QED) is 0.0257. The molecule has 3 fully saturated rings. The molecule has 3 saturated heterocycles. The van der Waals surface area contributed by atoms with Crippen molar-refractivity contribution in [3.8, 4) is 0 Å². The second kappa shape index (κ2) is 30.4. The Balaban J connectivity index is 0.000000382. The van der Waals surface area contributed by atoms with E-state index in [9.17, 15) is 24.0 Å². The monoisotopic (exact) mass is 996 g/mol. The number of amides is 5. The van der Waals surface area contributed by atoms with Crippen LogP contribution in [0.15, 0.2) is 30.3 Å². The lowest BCUT2D eigenvalue weighted by atomic mass is 9.73. The van der Waals surface area contributed by atoms with Gasteiger partial charge in [-0.2, -0.15) is 11.8 Å². The van der Waals surface area contributed by atoms with Gasteiger partial charge in [-0.05, 0) is 104 Å². The number of thioether (sulfide) groups is 1. The molecule has 7 atom stereocenters. The van der Waals surface area contributed by atoms with Crippen LogP contribution in [-0.2, 0) is 19.2 Å². The molecule has 3 heterocycles. The Kier molecular flexibility index (Phi) is 27.2. The Hall–Kier alpha value is -3.61. The first-order chi connectivity index (χ1) is 32.6. The van der Waals surface area contributed by atoms with Crippen molar-refractivity contribution >= 4 is 52.8 Å². The zero-order valence-corrected chi connectivity index (χ0v) is 47.3. The van der Waals surface area contributed by atoms with Gasteiger partial charge in [0, 0.05) is 73.3 Å². The molecule has 1 aromatic carbocycles. The number of amidine groups is 1. The van der Waals surface area contributed by atoms with Crippen molar-refractivity contribution in [1.82, 2.24) is 21.3 Å². The van der Waals surface area contributed by atoms with E-state index >= 15 is 0 Å². The van der Waals surface area contributed by atoms with Crippen LogP contribution in [0.1, 0.15) is 193 Å². The zero-order valence-electron chi connectivity index (χ0n) is 46.5. The average Bonchev–Trinajstić information content (AvgIpc) is 3.81. The van der Waals surface area contributed by atoms with Crippen LogP contribution in [0.25, 0.3) is 0 Å². The minimum absolute atomic E-state index is 0.00296. The summed E-state index contributed by atoms with van der Waals surface area (Å²) < 4.78 is 0. The van der Waals surface area contributed by atoms with Gasteiger partial charge in [0.15, 0.2) is 0 Å². The normalized spacial score (nSPS) is 21.1. The number of rotatable bonds is 24. The van der Waals surface area contributed by atoms with Crippen molar-refractivity contribution in [3.63, 3.8) is 0 Å². The lowest BCUT2D eigenvalue weighted by Gasteiger charge is -2.41. The lowest BCUT2D eigenvalue weighted by Crippen LogP contribution is -2.48. The number of Topliss-reactive ketones (excluding diaryl/α,β-unsaturated/α-hetero) is 1. The molecule has 0 radical (unpaired) electrons. The summed E-state index contributed by atoms with van der Waals surface area (Å²) in [5, 5.41) is 19.8. The van der Waals surface area contributed by atoms with Crippen molar-refractivity contribution in [2.24, 2.45) is 57.5 Å². The molecule has 400 valence electrons. The highest BCUT2D eigenvalue weighted by Gasteiger charge is 2.43. The summed E-state index contributed by atoms with van der Waals surface area (Å²) in [6.07, 6.45) is 13.6. The molecule has 5 amide bonds. The third-order valence-electron chi connectivity index (χ3n) is 13.9. The van der Waals surface area contributed by atoms with E-state index in [1.165, 1.54) is 0 Å². The largest absolute Gasteiger partial charge is 0.388 e. The number of carbonyl (C=O) groups excluding carboxylic acids is 5. The Morgan fingerprint density at radius 1 is 0.743 bits per heavy atom. The molecule has 3 aliphatic heterocycles. The number of benzene rings is 1. The van der Waals surface area contributed by atoms with Gasteiger partial charge in [-0.3, -0.25) is 24.6 Å². The fourth-order valence-electron chi connectivity index (χ4n) is 9.73. The molecule has 7 N–H and O–H groups in total. The van der Waals surface area contributed by atoms with Gasteiger partial charge < -0.3 is 31.9 Å². The van der Waals surface area contributed by atoms with Crippen molar-refractivity contribution in [2.75, 3.05) is 30.3 Å². The van der Waals surface area contributed by atoms with Gasteiger partial charge in [0.05, 0.1) is 17.9 Å². The van der Waals surface area contributed by atoms with Crippen LogP contribution in [0.3, 0.4) is 0 Å². The fourth-order valence-corrected chi connectivity index (χ4v) is 11.3. The van der Waals surface area contributed by atoms with E-state index in [1.54, 1.807) is 0 Å². The molecule has 1 unspecified atom stereocenters. The summed E-state index contributed by atoms with van der Waals surface area (Å²) in [6, 6.07) is 10.5. The van der Waals surface area contributed by atoms with Gasteiger partial charge in [-0.25, -0.2) is 4.79 Å². The van der Waals surface area contributed by atoms with Gasteiger partial charge in [0.2, 0.25) is 17.7 Å². The van der Waals surface area contributed by atoms with Crippen LogP contribution in [0.5, 0.6) is 0 Å². The first-order valence-corrected chi connectivity index (χ1v) is 28.1. The van der Waals surface area contributed by atoms with Crippen LogP contribution < -0.4 is 31.9 Å². The van der Waals surface area contributed by atoms with E-state index < -0.39 is 0 Å². The third kappa shape index (κ3) is 23.7. The number of nitrogens with one attached hydrogen (secondary N) is 5. The van der Waals surface area contributed by atoms with E-state index in [4.69, 9.17) is 11.1 Å². The number of carbonyl (C=O) groups is 5. The summed E-state index contributed by atoms with van der Waals surface area (Å²) in [6.45, 7) is 32.4. The van der Waals surface area contributed by atoms with Gasteiger partial charge in [-0.15, -0.1) is 0 Å². The van der Waals surface area contributed by atoms with Crippen LogP contribution in [0.2, 0.25) is 0 Å². The Morgan fingerprint density at radius 3 is 1.71 bits per heavy atom. The molecule has 0 aliphatic carbocycles. The number of hydrogen-bond donors (Lipinski definition) is 6. The predicted octanol–water partition coefficient (Wildman–Crippen LogP) is 11.7. The van der Waals surface area contributed by atoms with Crippen molar-refractivity contribution < 1.29 is 24.0 Å². The van der Waals surface area contributed by atoms with Gasteiger partial charge in [-0.1, -0.05) is 134 Å². The molecule has 13 heteroatoms. The van der Waals surface area contributed by atoms with Crippen LogP contribution in [0, 0.1) is 57.2 Å². The van der Waals surface area contributed by atoms with E-state index in [0.717, 1.165) is 102 Å². The SMILES string of the molecule is CC(C)C[C@@H](C(=O)NCCCCCC(=N)N)C(C)(C)C.CC(C)C[C@@H](C(=O)NCCCCCC(=O)CCCC[C@@H]1SC[C@@H]2NC(=O)N[C@@H]21)C(C)(C)C.CC1C[C@H](C(C)(C)C)C(=O)N(c2ccccc2)C1. The smallest absolute Gasteiger partial charge is 0.315 e. The molecule has 0 saturated carbocycles. The number of urea groups is 1. The molecule has 12 nitrogen and oxygen atoms in total. The maximum absolute atomic E-state index is 12.6. The lowest BCUT2D eigenvalue weighted by molar-refractivity contribution is -0.129. The van der Waals surface area contributed by atoms with E-state index in [0.29, 0.717) is 54.6 Å². The maximum Gasteiger partial charge on any atom is 0.315 e. The standard InChI is InChI=1S/C25H45N3O3S.C16H33N3O.C16H23NO/c1-17(2)15-19(25(3,4)5)23(30)26-14-10-6-7-11-18(29)12-8-9-13-21-22-20(16-32-21)27-24(31)28-22;1-12(2)11-13(16(3,4)5)15(20)19-10-8-6-7-9-14(17)18;1-12-10-14(16(2,3)4)15(18)17(11-12)13-8-6-5-7-9-13/h17,19-22H,6-16H2,1-5H3,(H,26,30)(H2,27,28,31);12-13H,6-11H2,1-5H3,(H3,17,18)(H,19,20);5-9,12,14H,10-11H2,1-4H3/t19-,20-,21-,22-;13-;12?,14-/m000/s1. The van der Waals surface area contributed by atoms with Crippen molar-refractivity contribution in [2.45, 2.75) is 211 Å². The van der Waals surface area contributed by atoms with Gasteiger partial charge >= 0.3 is 6.03 Å². The Bertz CT molecular complexity index is 1750. The van der Waals surface area contributed by atoms with Crippen molar-refractivity contribution in [1.29, 1.82) is 5.41 Å². The average molecular weight is 997 g/mol. The predicted molar refractivity (Wildman–Crippen MR) is 294 cm³/mol. The summed E-state index contributed by atoms with van der Waals surface area (Å²) in [5.74, 6) is 4.05. The minimum Gasteiger partial charge on any atom is -0.388 e. The van der Waals surface area contributed by atoms with Gasteiger partial charge in [0.1, 0.15) is 5.78 Å².